The third-order valence-corrected chi connectivity index (χ3v) is 4.56. The quantitative estimate of drug-likeness (QED) is 0.809. The number of amides is 2. The van der Waals surface area contributed by atoms with Crippen molar-refractivity contribution >= 4 is 11.8 Å². The van der Waals surface area contributed by atoms with E-state index in [-0.39, 0.29) is 17.9 Å². The Bertz CT molecular complexity index is 563. The number of rotatable bonds is 4. The van der Waals surface area contributed by atoms with Crippen LogP contribution in [-0.2, 0) is 9.59 Å². The highest BCUT2D eigenvalue weighted by molar-refractivity contribution is 5.84. The summed E-state index contributed by atoms with van der Waals surface area (Å²) in [6.45, 7) is 3.99. The molecule has 6 heteroatoms. The van der Waals surface area contributed by atoms with Gasteiger partial charge in [-0.3, -0.25) is 14.5 Å². The number of carbonyl (C=O) groups is 2. The van der Waals surface area contributed by atoms with Crippen molar-refractivity contribution in [1.82, 2.24) is 14.7 Å². The maximum absolute atomic E-state index is 12.4. The van der Waals surface area contributed by atoms with E-state index in [4.69, 9.17) is 4.74 Å². The summed E-state index contributed by atoms with van der Waals surface area (Å²) < 4.78 is 5.58. The second-order valence-corrected chi connectivity index (χ2v) is 6.06. The van der Waals surface area contributed by atoms with Gasteiger partial charge < -0.3 is 14.5 Å². The Kier molecular flexibility index (Phi) is 4.81. The van der Waals surface area contributed by atoms with Crippen LogP contribution < -0.4 is 4.74 Å². The lowest BCUT2D eigenvalue weighted by atomic mass is 10.1. The Balaban J connectivity index is 1.49. The minimum Gasteiger partial charge on any atom is -0.493 e. The number of likely N-dealkylation sites (N-methyl/N-ethyl adjacent to an activating group) is 1. The molecule has 0 saturated carbocycles. The first-order valence-electron chi connectivity index (χ1n) is 8.10. The zero-order valence-corrected chi connectivity index (χ0v) is 13.5. The molecule has 2 aliphatic heterocycles. The SMILES string of the molecule is CN1CCN2CCN(C(=O)CCOc3ccccc3)CC2C1=O. The number of piperazine rings is 2. The van der Waals surface area contributed by atoms with Gasteiger partial charge in [0.2, 0.25) is 11.8 Å². The molecule has 1 atom stereocenters. The molecular formula is C17H23N3O3. The van der Waals surface area contributed by atoms with Crippen LogP contribution in [0.4, 0.5) is 0 Å². The predicted octanol–water partition coefficient (Wildman–Crippen LogP) is 0.440. The van der Waals surface area contributed by atoms with E-state index in [1.807, 2.05) is 37.4 Å². The minimum atomic E-state index is -0.179. The zero-order valence-electron chi connectivity index (χ0n) is 13.5. The highest BCUT2D eigenvalue weighted by Gasteiger charge is 2.38. The molecule has 3 rings (SSSR count). The maximum Gasteiger partial charge on any atom is 0.241 e. The van der Waals surface area contributed by atoms with E-state index in [0.29, 0.717) is 26.1 Å². The second-order valence-electron chi connectivity index (χ2n) is 6.06. The van der Waals surface area contributed by atoms with Gasteiger partial charge in [0.1, 0.15) is 11.8 Å². The molecular weight excluding hydrogens is 294 g/mol. The summed E-state index contributed by atoms with van der Waals surface area (Å²) in [6.07, 6.45) is 0.339. The first kappa shape index (κ1) is 15.8. The van der Waals surface area contributed by atoms with Gasteiger partial charge >= 0.3 is 0 Å². The van der Waals surface area contributed by atoms with Crippen LogP contribution >= 0.6 is 0 Å². The molecule has 2 fully saturated rings. The lowest BCUT2D eigenvalue weighted by Crippen LogP contribution is -2.64. The molecule has 2 heterocycles. The number of carbonyl (C=O) groups excluding carboxylic acids is 2. The van der Waals surface area contributed by atoms with Gasteiger partial charge in [-0.05, 0) is 12.1 Å². The number of nitrogens with zero attached hydrogens (tertiary/aromatic N) is 3. The molecule has 0 spiro atoms. The predicted molar refractivity (Wildman–Crippen MR) is 86.1 cm³/mol. The van der Waals surface area contributed by atoms with Gasteiger partial charge in [0.25, 0.3) is 0 Å². The van der Waals surface area contributed by atoms with E-state index in [1.54, 1.807) is 9.80 Å². The molecule has 1 aromatic carbocycles. The summed E-state index contributed by atoms with van der Waals surface area (Å²) in [5.41, 5.74) is 0. The van der Waals surface area contributed by atoms with Gasteiger partial charge in [-0.15, -0.1) is 0 Å². The monoisotopic (exact) mass is 317 g/mol. The first-order valence-corrected chi connectivity index (χ1v) is 8.10. The van der Waals surface area contributed by atoms with Crippen LogP contribution in [-0.4, -0.2) is 78.9 Å². The van der Waals surface area contributed by atoms with E-state index < -0.39 is 0 Å². The average molecular weight is 317 g/mol. The molecule has 23 heavy (non-hydrogen) atoms. The Morgan fingerprint density at radius 3 is 2.70 bits per heavy atom. The van der Waals surface area contributed by atoms with E-state index in [0.717, 1.165) is 25.4 Å². The van der Waals surface area contributed by atoms with E-state index >= 15 is 0 Å². The van der Waals surface area contributed by atoms with Gasteiger partial charge in [0.05, 0.1) is 13.0 Å². The summed E-state index contributed by atoms with van der Waals surface area (Å²) >= 11 is 0. The first-order chi connectivity index (χ1) is 11.1. The van der Waals surface area contributed by atoms with Crippen LogP contribution in [0.15, 0.2) is 30.3 Å². The summed E-state index contributed by atoms with van der Waals surface area (Å²) in [6, 6.07) is 9.31. The number of fused-ring (bicyclic) bond motifs is 1. The fourth-order valence-corrected chi connectivity index (χ4v) is 3.12. The lowest BCUT2D eigenvalue weighted by molar-refractivity contribution is -0.147. The van der Waals surface area contributed by atoms with E-state index in [2.05, 4.69) is 4.90 Å². The molecule has 0 aliphatic carbocycles. The smallest absolute Gasteiger partial charge is 0.241 e. The molecule has 2 saturated heterocycles. The van der Waals surface area contributed by atoms with Crippen molar-refractivity contribution in [3.05, 3.63) is 30.3 Å². The molecule has 2 amide bonds. The number of hydrogen-bond acceptors (Lipinski definition) is 4. The minimum absolute atomic E-state index is 0.0570. The normalized spacial score (nSPS) is 22.0. The highest BCUT2D eigenvalue weighted by atomic mass is 16.5. The Hall–Kier alpha value is -2.08. The van der Waals surface area contributed by atoms with Crippen molar-refractivity contribution in [2.75, 3.05) is 46.4 Å². The van der Waals surface area contributed by atoms with E-state index in [1.165, 1.54) is 0 Å². The molecule has 1 aromatic rings. The number of ether oxygens (including phenoxy) is 1. The molecule has 0 radical (unpaired) electrons. The van der Waals surface area contributed by atoms with Crippen molar-refractivity contribution in [3.63, 3.8) is 0 Å². The summed E-state index contributed by atoms with van der Waals surface area (Å²) in [7, 11) is 1.83. The Morgan fingerprint density at radius 1 is 1.17 bits per heavy atom. The number of para-hydroxylation sites is 1. The van der Waals surface area contributed by atoms with Crippen LogP contribution in [0.2, 0.25) is 0 Å². The molecule has 2 aliphatic rings. The van der Waals surface area contributed by atoms with Gasteiger partial charge in [-0.25, -0.2) is 0 Å². The fraction of sp³-hybridized carbons (Fsp3) is 0.529. The highest BCUT2D eigenvalue weighted by Crippen LogP contribution is 2.17. The third kappa shape index (κ3) is 3.64. The van der Waals surface area contributed by atoms with Crippen LogP contribution in [0, 0.1) is 0 Å². The standard InChI is InChI=1S/C17H23N3O3/c1-18-8-9-19-10-11-20(13-15(19)17(18)22)16(21)7-12-23-14-5-3-2-4-6-14/h2-6,15H,7-13H2,1H3. The summed E-state index contributed by atoms with van der Waals surface area (Å²) in [5.74, 6) is 0.949. The molecule has 0 N–H and O–H groups in total. The Morgan fingerprint density at radius 2 is 1.91 bits per heavy atom. The molecule has 0 bridgehead atoms. The topological polar surface area (TPSA) is 53.1 Å². The van der Waals surface area contributed by atoms with Gasteiger partial charge in [-0.2, -0.15) is 0 Å². The van der Waals surface area contributed by atoms with Crippen molar-refractivity contribution in [1.29, 1.82) is 0 Å². The molecule has 0 aromatic heterocycles. The molecule has 1 unspecified atom stereocenters. The van der Waals surface area contributed by atoms with E-state index in [9.17, 15) is 9.59 Å². The van der Waals surface area contributed by atoms with Gasteiger partial charge in [-0.1, -0.05) is 18.2 Å². The summed E-state index contributed by atoms with van der Waals surface area (Å²) in [4.78, 5) is 30.3. The van der Waals surface area contributed by atoms with Crippen molar-refractivity contribution in [2.45, 2.75) is 12.5 Å². The van der Waals surface area contributed by atoms with Crippen molar-refractivity contribution < 1.29 is 14.3 Å². The van der Waals surface area contributed by atoms with Gasteiger partial charge in [0, 0.05) is 39.8 Å². The van der Waals surface area contributed by atoms with Crippen LogP contribution in [0.5, 0.6) is 5.75 Å². The van der Waals surface area contributed by atoms with Gasteiger partial charge in [0.15, 0.2) is 0 Å². The largest absolute Gasteiger partial charge is 0.493 e. The van der Waals surface area contributed by atoms with Crippen LogP contribution in [0.1, 0.15) is 6.42 Å². The molecule has 6 nitrogen and oxygen atoms in total. The van der Waals surface area contributed by atoms with Crippen molar-refractivity contribution in [2.24, 2.45) is 0 Å². The summed E-state index contributed by atoms with van der Waals surface area (Å²) in [5, 5.41) is 0. The average Bonchev–Trinajstić information content (AvgIpc) is 2.59. The second kappa shape index (κ2) is 7.00. The molecule has 124 valence electrons. The fourth-order valence-electron chi connectivity index (χ4n) is 3.12. The van der Waals surface area contributed by atoms with Crippen molar-refractivity contribution in [3.8, 4) is 5.75 Å². The van der Waals surface area contributed by atoms with Crippen LogP contribution in [0.3, 0.4) is 0 Å². The zero-order chi connectivity index (χ0) is 16.2. The Labute approximate surface area is 136 Å². The van der Waals surface area contributed by atoms with Crippen LogP contribution in [0.25, 0.3) is 0 Å². The maximum atomic E-state index is 12.4. The third-order valence-electron chi connectivity index (χ3n) is 4.56. The lowest BCUT2D eigenvalue weighted by Gasteiger charge is -2.45. The number of benzene rings is 1. The number of hydrogen-bond donors (Lipinski definition) is 0.